The molecule has 0 bridgehead atoms. The molecule has 30 heavy (non-hydrogen) atoms. The highest BCUT2D eigenvalue weighted by atomic mass is 32.2. The van der Waals surface area contributed by atoms with Crippen molar-refractivity contribution in [2.45, 2.75) is 50.3 Å². The van der Waals surface area contributed by atoms with Gasteiger partial charge in [0.1, 0.15) is 10.8 Å². The number of benzene rings is 1. The highest BCUT2D eigenvalue weighted by Gasteiger charge is 2.27. The molecule has 0 saturated heterocycles. The van der Waals surface area contributed by atoms with Gasteiger partial charge in [-0.15, -0.1) is 11.3 Å². The Morgan fingerprint density at radius 3 is 2.57 bits per heavy atom. The Morgan fingerprint density at radius 2 is 1.87 bits per heavy atom. The molecule has 1 amide bonds. The monoisotopic (exact) mass is 453 g/mol. The highest BCUT2D eigenvalue weighted by molar-refractivity contribution is 7.91. The van der Waals surface area contributed by atoms with Crippen LogP contribution in [0.2, 0.25) is 0 Å². The van der Waals surface area contributed by atoms with E-state index >= 15 is 0 Å². The van der Waals surface area contributed by atoms with Crippen LogP contribution in [0.5, 0.6) is 0 Å². The number of amides is 1. The number of carbonyl (C=O) groups excluding carboxylic acids is 2. The molecule has 0 spiro atoms. The fraction of sp³-hybridized carbons (Fsp3) is 0.429. The molecule has 0 saturated carbocycles. The predicted octanol–water partition coefficient (Wildman–Crippen LogP) is 4.14. The zero-order valence-corrected chi connectivity index (χ0v) is 18.3. The van der Waals surface area contributed by atoms with Crippen LogP contribution in [0.25, 0.3) is 0 Å². The van der Waals surface area contributed by atoms with Crippen LogP contribution in [-0.4, -0.2) is 32.7 Å². The molecule has 0 atom stereocenters. The average molecular weight is 454 g/mol. The van der Waals surface area contributed by atoms with E-state index in [0.717, 1.165) is 48.3 Å². The highest BCUT2D eigenvalue weighted by Crippen LogP contribution is 2.38. The number of thiophene rings is 1. The summed E-state index contributed by atoms with van der Waals surface area (Å²) in [5, 5.41) is 3.25. The molecule has 0 unspecified atom stereocenters. The number of rotatable bonds is 8. The fourth-order valence-electron chi connectivity index (χ4n) is 3.44. The number of carbonyl (C=O) groups is 2. The third kappa shape index (κ3) is 5.26. The van der Waals surface area contributed by atoms with Crippen molar-refractivity contribution in [2.75, 3.05) is 17.7 Å². The maximum Gasteiger partial charge on any atom is 0.341 e. The van der Waals surface area contributed by atoms with Gasteiger partial charge >= 0.3 is 5.97 Å². The Hall–Kier alpha value is -2.26. The van der Waals surface area contributed by atoms with Gasteiger partial charge in [-0.2, -0.15) is 0 Å². The van der Waals surface area contributed by atoms with Gasteiger partial charge in [-0.05, 0) is 68.9 Å². The van der Waals surface area contributed by atoms with E-state index < -0.39 is 21.6 Å². The molecule has 162 valence electrons. The van der Waals surface area contributed by atoms with E-state index in [2.05, 4.69) is 5.32 Å². The van der Waals surface area contributed by atoms with E-state index in [9.17, 15) is 22.4 Å². The van der Waals surface area contributed by atoms with Crippen LogP contribution in [-0.2, 0) is 32.2 Å². The lowest BCUT2D eigenvalue weighted by Crippen LogP contribution is -2.16. The quantitative estimate of drug-likeness (QED) is 0.479. The number of esters is 1. The smallest absolute Gasteiger partial charge is 0.341 e. The van der Waals surface area contributed by atoms with E-state index in [1.165, 1.54) is 23.5 Å². The molecule has 0 radical (unpaired) electrons. The summed E-state index contributed by atoms with van der Waals surface area (Å²) in [6, 6.07) is 4.61. The van der Waals surface area contributed by atoms with Gasteiger partial charge in [0, 0.05) is 11.3 Å². The second-order valence-corrected chi connectivity index (χ2v) is 10.3. The summed E-state index contributed by atoms with van der Waals surface area (Å²) in [7, 11) is -3.59. The summed E-state index contributed by atoms with van der Waals surface area (Å²) in [5.41, 5.74) is 1.39. The molecule has 1 heterocycles. The number of nitrogens with one attached hydrogen (secondary N) is 1. The van der Waals surface area contributed by atoms with Gasteiger partial charge in [0.2, 0.25) is 5.91 Å². The van der Waals surface area contributed by atoms with Crippen molar-refractivity contribution in [1.82, 2.24) is 0 Å². The Bertz CT molecular complexity index is 1030. The van der Waals surface area contributed by atoms with Crippen LogP contribution in [0.4, 0.5) is 9.39 Å². The van der Waals surface area contributed by atoms with Crippen molar-refractivity contribution in [3.63, 3.8) is 0 Å². The number of hydrogen-bond acceptors (Lipinski definition) is 6. The molecule has 1 aliphatic carbocycles. The number of fused-ring (bicyclic) bond motifs is 1. The molecule has 6 nitrogen and oxygen atoms in total. The summed E-state index contributed by atoms with van der Waals surface area (Å²) >= 11 is 1.40. The lowest BCUT2D eigenvalue weighted by molar-refractivity contribution is -0.116. The van der Waals surface area contributed by atoms with E-state index in [-0.39, 0.29) is 36.0 Å². The summed E-state index contributed by atoms with van der Waals surface area (Å²) in [6.45, 7) is 1.98. The Balaban J connectivity index is 1.64. The van der Waals surface area contributed by atoms with Crippen LogP contribution in [0.1, 0.15) is 53.4 Å². The van der Waals surface area contributed by atoms with Crippen LogP contribution in [0.15, 0.2) is 29.2 Å². The molecule has 9 heteroatoms. The first-order chi connectivity index (χ1) is 14.3. The Kier molecular flexibility index (Phi) is 7.25. The minimum atomic E-state index is -3.59. The first-order valence-electron chi connectivity index (χ1n) is 9.91. The third-order valence-electron chi connectivity index (χ3n) is 4.89. The second-order valence-electron chi connectivity index (χ2n) is 7.06. The van der Waals surface area contributed by atoms with Crippen molar-refractivity contribution in [1.29, 1.82) is 0 Å². The second kappa shape index (κ2) is 9.70. The van der Waals surface area contributed by atoms with Crippen molar-refractivity contribution >= 4 is 38.1 Å². The van der Waals surface area contributed by atoms with Crippen LogP contribution >= 0.6 is 11.3 Å². The van der Waals surface area contributed by atoms with Gasteiger partial charge in [-0.3, -0.25) is 4.79 Å². The number of hydrogen-bond donors (Lipinski definition) is 1. The Labute approximate surface area is 179 Å². The van der Waals surface area contributed by atoms with E-state index in [1.807, 2.05) is 0 Å². The van der Waals surface area contributed by atoms with E-state index in [1.54, 1.807) is 6.92 Å². The van der Waals surface area contributed by atoms with Crippen LogP contribution in [0, 0.1) is 5.82 Å². The normalized spacial score (nSPS) is 13.5. The van der Waals surface area contributed by atoms with Gasteiger partial charge in [-0.1, -0.05) is 0 Å². The SMILES string of the molecule is CCOC(=O)c1c(NC(=O)CCCS(=O)(=O)c2ccc(F)cc2)sc2c1CCCC2. The van der Waals surface area contributed by atoms with Gasteiger partial charge < -0.3 is 10.1 Å². The minimum Gasteiger partial charge on any atom is -0.462 e. The van der Waals surface area contributed by atoms with Crippen LogP contribution in [0.3, 0.4) is 0 Å². The number of aryl methyl sites for hydroxylation is 1. The number of sulfone groups is 1. The van der Waals surface area contributed by atoms with Crippen molar-refractivity contribution < 1.29 is 27.1 Å². The van der Waals surface area contributed by atoms with Crippen LogP contribution < -0.4 is 5.32 Å². The predicted molar refractivity (Wildman–Crippen MR) is 113 cm³/mol. The third-order valence-corrected chi connectivity index (χ3v) is 7.92. The lowest BCUT2D eigenvalue weighted by atomic mass is 9.95. The summed E-state index contributed by atoms with van der Waals surface area (Å²) in [4.78, 5) is 26.0. The molecule has 3 rings (SSSR count). The van der Waals surface area contributed by atoms with E-state index in [4.69, 9.17) is 4.74 Å². The number of halogens is 1. The Morgan fingerprint density at radius 1 is 1.17 bits per heavy atom. The molecule has 1 aromatic heterocycles. The largest absolute Gasteiger partial charge is 0.462 e. The van der Waals surface area contributed by atoms with Crippen molar-refractivity contribution in [3.8, 4) is 0 Å². The lowest BCUT2D eigenvalue weighted by Gasteiger charge is -2.12. The van der Waals surface area contributed by atoms with Crippen molar-refractivity contribution in [3.05, 3.63) is 46.1 Å². The number of ether oxygens (including phenoxy) is 1. The molecular weight excluding hydrogens is 429 g/mol. The molecular formula is C21H24FNO5S2. The summed E-state index contributed by atoms with van der Waals surface area (Å²) in [6.07, 6.45) is 3.80. The zero-order valence-electron chi connectivity index (χ0n) is 16.7. The first-order valence-corrected chi connectivity index (χ1v) is 12.4. The minimum absolute atomic E-state index is 0.00867. The molecule has 2 aromatic rings. The molecule has 0 fully saturated rings. The van der Waals surface area contributed by atoms with Gasteiger partial charge in [0.25, 0.3) is 0 Å². The molecule has 1 aromatic carbocycles. The maximum atomic E-state index is 13.0. The summed E-state index contributed by atoms with van der Waals surface area (Å²) in [5.74, 6) is -1.53. The molecule has 1 N–H and O–H groups in total. The maximum absolute atomic E-state index is 13.0. The fourth-order valence-corrected chi connectivity index (χ4v) is 6.05. The van der Waals surface area contributed by atoms with Crippen molar-refractivity contribution in [2.24, 2.45) is 0 Å². The topological polar surface area (TPSA) is 89.5 Å². The van der Waals surface area contributed by atoms with Gasteiger partial charge in [0.05, 0.1) is 22.8 Å². The first kappa shape index (κ1) is 22.4. The standard InChI is InChI=1S/C21H24FNO5S2/c1-2-28-21(25)19-16-6-3-4-7-17(16)29-20(19)23-18(24)8-5-13-30(26,27)15-11-9-14(22)10-12-15/h9-12H,2-8,13H2,1H3,(H,23,24). The zero-order chi connectivity index (χ0) is 21.7. The van der Waals surface area contributed by atoms with Gasteiger partial charge in [0.15, 0.2) is 9.84 Å². The van der Waals surface area contributed by atoms with E-state index in [0.29, 0.717) is 10.6 Å². The number of anilines is 1. The average Bonchev–Trinajstić information content (AvgIpc) is 3.06. The molecule has 1 aliphatic rings. The molecule has 0 aliphatic heterocycles. The van der Waals surface area contributed by atoms with Gasteiger partial charge in [-0.25, -0.2) is 17.6 Å². The summed E-state index contributed by atoms with van der Waals surface area (Å²) < 4.78 is 42.8.